The average molecular weight is 247 g/mol. The first-order chi connectivity index (χ1) is 8.77. The van der Waals surface area contributed by atoms with Gasteiger partial charge in [0, 0.05) is 12.6 Å². The highest BCUT2D eigenvalue weighted by molar-refractivity contribution is 5.80. The van der Waals surface area contributed by atoms with E-state index in [2.05, 4.69) is 24.0 Å². The fraction of sp³-hybridized carbons (Fsp3) is 0.533. The zero-order valence-electron chi connectivity index (χ0n) is 11.1. The molecule has 0 aromatic heterocycles. The minimum Gasteiger partial charge on any atom is -0.465 e. The van der Waals surface area contributed by atoms with E-state index in [-0.39, 0.29) is 12.0 Å². The molecule has 0 spiro atoms. The third kappa shape index (κ3) is 2.91. The maximum atomic E-state index is 11.8. The lowest BCUT2D eigenvalue weighted by molar-refractivity contribution is -0.143. The van der Waals surface area contributed by atoms with Crippen molar-refractivity contribution in [2.45, 2.75) is 45.3 Å². The largest absolute Gasteiger partial charge is 0.465 e. The predicted molar refractivity (Wildman–Crippen MR) is 71.1 cm³/mol. The van der Waals surface area contributed by atoms with E-state index in [9.17, 15) is 4.79 Å². The summed E-state index contributed by atoms with van der Waals surface area (Å²) in [6, 6.07) is 10.6. The maximum absolute atomic E-state index is 11.8. The van der Waals surface area contributed by atoms with Crippen LogP contribution in [-0.2, 0) is 16.1 Å². The Morgan fingerprint density at radius 2 is 2.00 bits per heavy atom. The van der Waals surface area contributed by atoms with Crippen molar-refractivity contribution in [3.05, 3.63) is 35.9 Å². The summed E-state index contributed by atoms with van der Waals surface area (Å²) in [6.07, 6.45) is 2.17. The van der Waals surface area contributed by atoms with Gasteiger partial charge >= 0.3 is 5.97 Å². The van der Waals surface area contributed by atoms with E-state index in [0.717, 1.165) is 19.4 Å². The molecule has 1 aromatic carbocycles. The van der Waals surface area contributed by atoms with Crippen LogP contribution in [0.4, 0.5) is 0 Å². The number of hydrogen-bond acceptors (Lipinski definition) is 3. The summed E-state index contributed by atoms with van der Waals surface area (Å²) in [5.74, 6) is -0.0631. The molecule has 3 unspecified atom stereocenters. The summed E-state index contributed by atoms with van der Waals surface area (Å²) in [5, 5.41) is 0. The number of hydrogen-bond donors (Lipinski definition) is 0. The third-order valence-corrected chi connectivity index (χ3v) is 3.38. The molecule has 2 rings (SSSR count). The minimum absolute atomic E-state index is 0.0230. The lowest BCUT2D eigenvalue weighted by atomic mass is 10.2. The van der Waals surface area contributed by atoms with Gasteiger partial charge in [-0.3, -0.25) is 9.69 Å². The average Bonchev–Trinajstić information content (AvgIpc) is 3.04. The van der Waals surface area contributed by atoms with Crippen molar-refractivity contribution in [1.29, 1.82) is 0 Å². The number of esters is 1. The predicted octanol–water partition coefficient (Wildman–Crippen LogP) is 2.60. The Balaban J connectivity index is 1.96. The molecule has 98 valence electrons. The van der Waals surface area contributed by atoms with Crippen LogP contribution in [0.15, 0.2) is 30.3 Å². The van der Waals surface area contributed by atoms with Crippen LogP contribution in [0.5, 0.6) is 0 Å². The molecule has 0 bridgehead atoms. The zero-order chi connectivity index (χ0) is 13.0. The molecule has 0 saturated carbocycles. The highest BCUT2D eigenvalue weighted by atomic mass is 16.5. The monoisotopic (exact) mass is 247 g/mol. The molecule has 18 heavy (non-hydrogen) atoms. The van der Waals surface area contributed by atoms with Gasteiger partial charge in [-0.25, -0.2) is 0 Å². The lowest BCUT2D eigenvalue weighted by Crippen LogP contribution is -2.16. The van der Waals surface area contributed by atoms with Crippen LogP contribution in [0.25, 0.3) is 0 Å². The number of benzene rings is 1. The number of rotatable bonds is 6. The maximum Gasteiger partial charge on any atom is 0.325 e. The van der Waals surface area contributed by atoms with E-state index in [1.807, 2.05) is 25.1 Å². The Kier molecular flexibility index (Phi) is 4.37. The minimum atomic E-state index is -0.0631. The molecule has 0 radical (unpaired) electrons. The van der Waals surface area contributed by atoms with E-state index in [0.29, 0.717) is 12.6 Å². The van der Waals surface area contributed by atoms with Crippen LogP contribution in [-0.4, -0.2) is 29.6 Å². The number of nitrogens with zero attached hydrogens (tertiary/aromatic N) is 1. The quantitative estimate of drug-likeness (QED) is 0.571. The smallest absolute Gasteiger partial charge is 0.325 e. The molecule has 1 aromatic rings. The van der Waals surface area contributed by atoms with Crippen LogP contribution >= 0.6 is 0 Å². The van der Waals surface area contributed by atoms with Gasteiger partial charge in [0.2, 0.25) is 0 Å². The Morgan fingerprint density at radius 3 is 2.61 bits per heavy atom. The van der Waals surface area contributed by atoms with Crippen molar-refractivity contribution in [1.82, 2.24) is 4.90 Å². The molecule has 1 aliphatic rings. The zero-order valence-corrected chi connectivity index (χ0v) is 11.1. The van der Waals surface area contributed by atoms with Crippen molar-refractivity contribution in [2.75, 3.05) is 6.61 Å². The second-order valence-corrected chi connectivity index (χ2v) is 4.71. The Hall–Kier alpha value is -1.35. The van der Waals surface area contributed by atoms with Gasteiger partial charge < -0.3 is 4.74 Å². The molecule has 0 aliphatic carbocycles. The van der Waals surface area contributed by atoms with Gasteiger partial charge in [0.25, 0.3) is 0 Å². The summed E-state index contributed by atoms with van der Waals surface area (Å²) in [4.78, 5) is 14.1. The van der Waals surface area contributed by atoms with Gasteiger partial charge in [0.15, 0.2) is 0 Å². The number of carbonyl (C=O) groups is 1. The first-order valence-corrected chi connectivity index (χ1v) is 6.74. The first-order valence-electron chi connectivity index (χ1n) is 6.74. The molecule has 1 heterocycles. The highest BCUT2D eigenvalue weighted by Gasteiger charge is 2.52. The molecule has 3 atom stereocenters. The van der Waals surface area contributed by atoms with Crippen LogP contribution in [0.1, 0.15) is 32.3 Å². The summed E-state index contributed by atoms with van der Waals surface area (Å²) >= 11 is 0. The van der Waals surface area contributed by atoms with E-state index in [4.69, 9.17) is 4.74 Å². The topological polar surface area (TPSA) is 29.3 Å². The molecular weight excluding hydrogens is 226 g/mol. The Labute approximate surface area is 109 Å². The number of carbonyl (C=O) groups excluding carboxylic acids is 1. The molecule has 0 N–H and O–H groups in total. The van der Waals surface area contributed by atoms with Gasteiger partial charge in [0.1, 0.15) is 6.04 Å². The van der Waals surface area contributed by atoms with E-state index in [1.54, 1.807) is 0 Å². The van der Waals surface area contributed by atoms with Gasteiger partial charge in [-0.05, 0) is 18.9 Å². The fourth-order valence-corrected chi connectivity index (χ4v) is 2.48. The second kappa shape index (κ2) is 6.01. The molecular formula is C15H21NO2. The van der Waals surface area contributed by atoms with Gasteiger partial charge in [-0.2, -0.15) is 0 Å². The van der Waals surface area contributed by atoms with Crippen LogP contribution in [0.3, 0.4) is 0 Å². The fourth-order valence-electron chi connectivity index (χ4n) is 2.48. The van der Waals surface area contributed by atoms with E-state index in [1.165, 1.54) is 5.56 Å². The van der Waals surface area contributed by atoms with Crippen LogP contribution < -0.4 is 0 Å². The highest BCUT2D eigenvalue weighted by Crippen LogP contribution is 2.34. The molecule has 0 amide bonds. The normalized spacial score (nSPS) is 25.8. The summed E-state index contributed by atoms with van der Waals surface area (Å²) in [6.45, 7) is 5.32. The van der Waals surface area contributed by atoms with Crippen molar-refractivity contribution in [3.8, 4) is 0 Å². The van der Waals surface area contributed by atoms with Crippen molar-refractivity contribution < 1.29 is 9.53 Å². The molecule has 1 saturated heterocycles. The summed E-state index contributed by atoms with van der Waals surface area (Å²) < 4.78 is 5.13. The molecule has 3 nitrogen and oxygen atoms in total. The number of ether oxygens (including phenoxy) is 1. The molecule has 1 fully saturated rings. The molecule has 1 aliphatic heterocycles. The standard InChI is InChI=1S/C15H21NO2/c1-3-8-13-14(15(17)18-4-2)16(13)11-12-9-6-5-7-10-12/h5-7,9-10,13-14H,3-4,8,11H2,1-2H3. The van der Waals surface area contributed by atoms with Crippen LogP contribution in [0.2, 0.25) is 0 Å². The van der Waals surface area contributed by atoms with Crippen molar-refractivity contribution in [3.63, 3.8) is 0 Å². The lowest BCUT2D eigenvalue weighted by Gasteiger charge is -2.04. The van der Waals surface area contributed by atoms with E-state index < -0.39 is 0 Å². The van der Waals surface area contributed by atoms with Gasteiger partial charge in [0.05, 0.1) is 6.61 Å². The SMILES string of the molecule is CCCC1C(C(=O)OCC)N1Cc1ccccc1. The van der Waals surface area contributed by atoms with Gasteiger partial charge in [-0.1, -0.05) is 43.7 Å². The van der Waals surface area contributed by atoms with Gasteiger partial charge in [-0.15, -0.1) is 0 Å². The summed E-state index contributed by atoms with van der Waals surface area (Å²) in [5.41, 5.74) is 1.26. The van der Waals surface area contributed by atoms with Crippen molar-refractivity contribution >= 4 is 5.97 Å². The first kappa shape index (κ1) is 13.1. The molecule has 3 heteroatoms. The van der Waals surface area contributed by atoms with Crippen molar-refractivity contribution in [2.24, 2.45) is 0 Å². The van der Waals surface area contributed by atoms with Crippen LogP contribution in [0, 0.1) is 0 Å². The second-order valence-electron chi connectivity index (χ2n) is 4.71. The van der Waals surface area contributed by atoms with E-state index >= 15 is 0 Å². The Morgan fingerprint density at radius 1 is 1.28 bits per heavy atom. The Bertz CT molecular complexity index is 391. The summed E-state index contributed by atoms with van der Waals surface area (Å²) in [7, 11) is 0. The third-order valence-electron chi connectivity index (χ3n) is 3.38.